The van der Waals surface area contributed by atoms with E-state index in [4.69, 9.17) is 23.2 Å². The van der Waals surface area contributed by atoms with E-state index in [1.165, 1.54) is 12.5 Å². The number of halogens is 5. The lowest BCUT2D eigenvalue weighted by atomic mass is 10.2. The first-order chi connectivity index (χ1) is 13.0. The van der Waals surface area contributed by atoms with Gasteiger partial charge in [0, 0.05) is 35.6 Å². The Hall–Kier alpha value is -1.61. The fourth-order valence-electron chi connectivity index (χ4n) is 2.31. The second-order valence-corrected chi connectivity index (χ2v) is 9.18. The molecule has 1 N–H and O–H groups in total. The second-order valence-electron chi connectivity index (χ2n) is 5.49. The minimum absolute atomic E-state index is 0.0383. The molecule has 6 nitrogen and oxygen atoms in total. The van der Waals surface area contributed by atoms with Gasteiger partial charge in [-0.2, -0.15) is 23.5 Å². The minimum Gasteiger partial charge on any atom is -0.368 e. The first kappa shape index (κ1) is 22.7. The summed E-state index contributed by atoms with van der Waals surface area (Å²) in [5.41, 5.74) is -1.35. The summed E-state index contributed by atoms with van der Waals surface area (Å²) in [7, 11) is -2.80. The van der Waals surface area contributed by atoms with E-state index < -0.39 is 33.3 Å². The molecule has 0 spiro atoms. The van der Waals surface area contributed by atoms with Crippen LogP contribution in [0.4, 0.5) is 19.0 Å². The summed E-state index contributed by atoms with van der Waals surface area (Å²) in [5.74, 6) is 0.309. The predicted octanol–water partition coefficient (Wildman–Crippen LogP) is 3.60. The Morgan fingerprint density at radius 2 is 1.82 bits per heavy atom. The molecule has 0 aliphatic carbocycles. The van der Waals surface area contributed by atoms with Gasteiger partial charge in [-0.1, -0.05) is 23.2 Å². The van der Waals surface area contributed by atoms with Crippen LogP contribution in [0.25, 0.3) is 5.69 Å². The van der Waals surface area contributed by atoms with Gasteiger partial charge in [0.15, 0.2) is 5.69 Å². The Morgan fingerprint density at radius 1 is 1.25 bits per heavy atom. The highest BCUT2D eigenvalue weighted by Crippen LogP contribution is 2.39. The Labute approximate surface area is 173 Å². The van der Waals surface area contributed by atoms with E-state index >= 15 is 0 Å². The molecule has 0 fully saturated rings. The molecule has 0 saturated carbocycles. The van der Waals surface area contributed by atoms with E-state index in [1.54, 1.807) is 6.07 Å². The van der Waals surface area contributed by atoms with Crippen LogP contribution < -0.4 is 5.32 Å². The van der Waals surface area contributed by atoms with Gasteiger partial charge >= 0.3 is 6.18 Å². The lowest BCUT2D eigenvalue weighted by Crippen LogP contribution is -2.15. The molecule has 13 heteroatoms. The quantitative estimate of drug-likeness (QED) is 0.693. The van der Waals surface area contributed by atoms with Crippen molar-refractivity contribution in [1.29, 1.82) is 5.26 Å². The van der Waals surface area contributed by atoms with E-state index in [9.17, 15) is 26.9 Å². The van der Waals surface area contributed by atoms with Crippen LogP contribution in [0.2, 0.25) is 10.0 Å². The van der Waals surface area contributed by atoms with Crippen molar-refractivity contribution in [2.75, 3.05) is 30.1 Å². The lowest BCUT2D eigenvalue weighted by molar-refractivity contribution is -0.137. The van der Waals surface area contributed by atoms with Crippen LogP contribution in [0.15, 0.2) is 17.0 Å². The molecular formula is C15H13Cl2F3N4O2S2. The van der Waals surface area contributed by atoms with Gasteiger partial charge < -0.3 is 5.32 Å². The van der Waals surface area contributed by atoms with Gasteiger partial charge in [-0.25, -0.2) is 4.68 Å². The van der Waals surface area contributed by atoms with Crippen LogP contribution in [-0.4, -0.2) is 43.0 Å². The second kappa shape index (κ2) is 8.82. The highest BCUT2D eigenvalue weighted by atomic mass is 35.5. The number of nitrogens with one attached hydrogen (secondary N) is 1. The molecular weight excluding hydrogens is 460 g/mol. The van der Waals surface area contributed by atoms with Gasteiger partial charge in [-0.15, -0.1) is 0 Å². The highest BCUT2D eigenvalue weighted by molar-refractivity contribution is 7.84. The number of hydrogen-bond donors (Lipinski definition) is 1. The van der Waals surface area contributed by atoms with Crippen LogP contribution in [0.5, 0.6) is 0 Å². The van der Waals surface area contributed by atoms with E-state index in [-0.39, 0.29) is 44.4 Å². The summed E-state index contributed by atoms with van der Waals surface area (Å²) in [4.78, 5) is 0.0383. The summed E-state index contributed by atoms with van der Waals surface area (Å²) in [6.07, 6.45) is -1.85. The number of nitriles is 1. The van der Waals surface area contributed by atoms with Gasteiger partial charge in [0.1, 0.15) is 22.5 Å². The van der Waals surface area contributed by atoms with E-state index in [1.807, 2.05) is 0 Å². The van der Waals surface area contributed by atoms with Gasteiger partial charge in [-0.05, 0) is 12.1 Å². The third-order valence-corrected chi connectivity index (χ3v) is 5.79. The number of anilines is 1. The predicted molar refractivity (Wildman–Crippen MR) is 103 cm³/mol. The number of aromatic nitrogens is 2. The summed E-state index contributed by atoms with van der Waals surface area (Å²) >= 11 is 12.1. The van der Waals surface area contributed by atoms with Crippen molar-refractivity contribution >= 4 is 50.6 Å². The third kappa shape index (κ3) is 4.86. The monoisotopic (exact) mass is 472 g/mol. The van der Waals surface area contributed by atoms with Crippen molar-refractivity contribution in [2.24, 2.45) is 0 Å². The first-order valence-corrected chi connectivity index (χ1v) is 11.5. The lowest BCUT2D eigenvalue weighted by Gasteiger charge is -2.15. The third-order valence-electron chi connectivity index (χ3n) is 3.47. The molecule has 0 bridgehead atoms. The average molecular weight is 473 g/mol. The summed E-state index contributed by atoms with van der Waals surface area (Å²) in [6.45, 7) is 0.166. The normalized spacial score (nSPS) is 13.8. The topological polar surface area (TPSA) is 87.8 Å². The molecule has 2 rings (SSSR count). The summed E-state index contributed by atoms with van der Waals surface area (Å²) < 4.78 is 63.4. The zero-order valence-electron chi connectivity index (χ0n) is 14.4. The van der Waals surface area contributed by atoms with Gasteiger partial charge in [0.2, 0.25) is 0 Å². The van der Waals surface area contributed by atoms with E-state index in [0.29, 0.717) is 12.1 Å². The zero-order valence-corrected chi connectivity index (χ0v) is 17.6. The maximum atomic E-state index is 13.0. The number of hydrogen-bond acceptors (Lipinski definition) is 5. The molecule has 0 aliphatic heterocycles. The van der Waals surface area contributed by atoms with Crippen molar-refractivity contribution in [3.63, 3.8) is 0 Å². The summed E-state index contributed by atoms with van der Waals surface area (Å²) in [6, 6.07) is 3.16. The van der Waals surface area contributed by atoms with Crippen LogP contribution >= 0.6 is 23.2 Å². The highest BCUT2D eigenvalue weighted by Gasteiger charge is 2.33. The fraction of sp³-hybridized carbons (Fsp3) is 0.333. The molecule has 1 heterocycles. The molecule has 0 amide bonds. The van der Waals surface area contributed by atoms with Crippen LogP contribution in [0, 0.1) is 11.3 Å². The number of benzene rings is 1. The molecule has 152 valence electrons. The maximum Gasteiger partial charge on any atom is 0.416 e. The van der Waals surface area contributed by atoms with E-state index in [0.717, 1.165) is 4.68 Å². The van der Waals surface area contributed by atoms with Crippen LogP contribution in [0.1, 0.15) is 11.3 Å². The van der Waals surface area contributed by atoms with Crippen LogP contribution in [-0.2, 0) is 27.8 Å². The fourth-order valence-corrected chi connectivity index (χ4v) is 4.14. The molecule has 2 unspecified atom stereocenters. The van der Waals surface area contributed by atoms with Gasteiger partial charge in [-0.3, -0.25) is 8.42 Å². The molecule has 0 saturated heterocycles. The largest absolute Gasteiger partial charge is 0.416 e. The van der Waals surface area contributed by atoms with Crippen LogP contribution in [0.3, 0.4) is 0 Å². The number of nitrogens with zero attached hydrogens (tertiary/aromatic N) is 3. The molecule has 28 heavy (non-hydrogen) atoms. The molecule has 1 aromatic heterocycles. The smallest absolute Gasteiger partial charge is 0.368 e. The van der Waals surface area contributed by atoms with Gasteiger partial charge in [0.05, 0.1) is 26.4 Å². The Bertz CT molecular complexity index is 979. The van der Waals surface area contributed by atoms with Crippen molar-refractivity contribution in [3.8, 4) is 11.8 Å². The zero-order chi connectivity index (χ0) is 21.2. The average Bonchev–Trinajstić information content (AvgIpc) is 2.91. The molecule has 2 atom stereocenters. The van der Waals surface area contributed by atoms with Crippen molar-refractivity contribution in [2.45, 2.75) is 11.1 Å². The summed E-state index contributed by atoms with van der Waals surface area (Å²) in [5, 5.41) is 15.5. The maximum absolute atomic E-state index is 13.0. The Balaban J connectivity index is 2.70. The molecule has 1 aromatic carbocycles. The number of alkyl halides is 3. The number of rotatable bonds is 6. The Kier molecular flexibility index (Phi) is 7.14. The van der Waals surface area contributed by atoms with Crippen molar-refractivity contribution in [3.05, 3.63) is 33.4 Å². The molecule has 0 aliphatic rings. The molecule has 0 radical (unpaired) electrons. The SMILES string of the molecule is CS(=O)CCNc1c(S(C)=O)c(C#N)nn1-c1c(Cl)cc(C(F)(F)F)cc1Cl. The Morgan fingerprint density at radius 3 is 2.25 bits per heavy atom. The van der Waals surface area contributed by atoms with Gasteiger partial charge in [0.25, 0.3) is 0 Å². The minimum atomic E-state index is -4.66. The standard InChI is InChI=1S/C15H13Cl2F3N4O2S2/c1-27(25)4-3-22-14-13(28(2)26)11(7-21)23-24(14)12-9(16)5-8(6-10(12)17)15(18,19)20/h5-6,22H,3-4H2,1-2H3. The van der Waals surface area contributed by atoms with Crippen molar-refractivity contribution < 1.29 is 21.6 Å². The molecule has 2 aromatic rings. The van der Waals surface area contributed by atoms with Crippen molar-refractivity contribution in [1.82, 2.24) is 9.78 Å². The first-order valence-electron chi connectivity index (χ1n) is 7.44. The van der Waals surface area contributed by atoms with E-state index in [2.05, 4.69) is 10.4 Å².